The summed E-state index contributed by atoms with van der Waals surface area (Å²) in [7, 11) is 0. The van der Waals surface area contributed by atoms with Crippen molar-refractivity contribution in [2.75, 3.05) is 0 Å². The van der Waals surface area contributed by atoms with E-state index in [0.717, 1.165) is 24.8 Å². The van der Waals surface area contributed by atoms with Crippen LogP contribution in [0, 0.1) is 10.1 Å². The molecule has 0 fully saturated rings. The lowest BCUT2D eigenvalue weighted by Gasteiger charge is -2.26. The number of rotatable bonds is 3. The van der Waals surface area contributed by atoms with Gasteiger partial charge in [-0.1, -0.05) is 41.9 Å². The molecule has 0 aromatic heterocycles. The second-order valence-electron chi connectivity index (χ2n) is 5.04. The van der Waals surface area contributed by atoms with Crippen LogP contribution in [-0.4, -0.2) is 4.92 Å². The van der Waals surface area contributed by atoms with Crippen LogP contribution in [0.25, 0.3) is 0 Å². The van der Waals surface area contributed by atoms with Crippen molar-refractivity contribution in [2.45, 2.75) is 25.4 Å². The first-order valence-electron chi connectivity index (χ1n) is 6.84. The SMILES string of the molecule is O=[N+]([O-])c1c(Cl)cccc1OC1CCCc2ccccc21. The van der Waals surface area contributed by atoms with E-state index in [2.05, 4.69) is 6.07 Å². The third-order valence-corrected chi connectivity index (χ3v) is 4.02. The van der Waals surface area contributed by atoms with Gasteiger partial charge >= 0.3 is 5.69 Å². The number of para-hydroxylation sites is 1. The number of hydrogen-bond acceptors (Lipinski definition) is 3. The zero-order chi connectivity index (χ0) is 14.8. The summed E-state index contributed by atoms with van der Waals surface area (Å²) < 4.78 is 5.93. The van der Waals surface area contributed by atoms with Crippen molar-refractivity contribution in [3.05, 3.63) is 68.7 Å². The number of halogens is 1. The van der Waals surface area contributed by atoms with E-state index in [1.54, 1.807) is 12.1 Å². The molecule has 0 N–H and O–H groups in total. The maximum atomic E-state index is 11.2. The van der Waals surface area contributed by atoms with E-state index in [9.17, 15) is 10.1 Å². The molecule has 0 radical (unpaired) electrons. The fourth-order valence-electron chi connectivity index (χ4n) is 2.75. The minimum atomic E-state index is -0.494. The summed E-state index contributed by atoms with van der Waals surface area (Å²) >= 11 is 5.92. The van der Waals surface area contributed by atoms with Crippen LogP contribution < -0.4 is 4.74 Å². The Kier molecular flexibility index (Phi) is 3.80. The summed E-state index contributed by atoms with van der Waals surface area (Å²) in [5.41, 5.74) is 2.19. The average Bonchev–Trinajstić information content (AvgIpc) is 2.47. The molecule has 1 unspecified atom stereocenters. The Bertz CT molecular complexity index is 687. The molecule has 3 rings (SSSR count). The van der Waals surface area contributed by atoms with E-state index < -0.39 is 4.92 Å². The van der Waals surface area contributed by atoms with E-state index in [4.69, 9.17) is 16.3 Å². The van der Waals surface area contributed by atoms with Crippen molar-refractivity contribution in [3.63, 3.8) is 0 Å². The van der Waals surface area contributed by atoms with Gasteiger partial charge < -0.3 is 4.74 Å². The quantitative estimate of drug-likeness (QED) is 0.610. The second kappa shape index (κ2) is 5.74. The molecular weight excluding hydrogens is 290 g/mol. The van der Waals surface area contributed by atoms with Gasteiger partial charge in [-0.25, -0.2) is 0 Å². The second-order valence-corrected chi connectivity index (χ2v) is 5.45. The molecule has 4 nitrogen and oxygen atoms in total. The molecule has 1 aliphatic rings. The molecule has 5 heteroatoms. The third kappa shape index (κ3) is 2.72. The molecule has 0 aliphatic heterocycles. The maximum Gasteiger partial charge on any atom is 0.329 e. The molecule has 21 heavy (non-hydrogen) atoms. The highest BCUT2D eigenvalue weighted by Gasteiger charge is 2.26. The summed E-state index contributed by atoms with van der Waals surface area (Å²) in [6, 6.07) is 12.8. The Morgan fingerprint density at radius 1 is 1.19 bits per heavy atom. The van der Waals surface area contributed by atoms with Crippen molar-refractivity contribution >= 4 is 17.3 Å². The standard InChI is InChI=1S/C16H14ClNO3/c17-13-8-4-10-15(16(13)18(19)20)21-14-9-3-6-11-5-1-2-7-12(11)14/h1-2,4-5,7-8,10,14H,3,6,9H2. The molecule has 0 heterocycles. The molecule has 108 valence electrons. The molecule has 1 atom stereocenters. The number of aryl methyl sites for hydroxylation is 1. The van der Waals surface area contributed by atoms with Gasteiger partial charge in [-0.05, 0) is 42.5 Å². The van der Waals surface area contributed by atoms with Crippen molar-refractivity contribution < 1.29 is 9.66 Å². The fourth-order valence-corrected chi connectivity index (χ4v) is 2.99. The van der Waals surface area contributed by atoms with Crippen LogP contribution in [0.15, 0.2) is 42.5 Å². The van der Waals surface area contributed by atoms with Gasteiger partial charge in [0, 0.05) is 0 Å². The zero-order valence-electron chi connectivity index (χ0n) is 11.3. The normalized spacial score (nSPS) is 17.1. The van der Waals surface area contributed by atoms with E-state index in [-0.39, 0.29) is 22.6 Å². The van der Waals surface area contributed by atoms with Crippen LogP contribution in [0.2, 0.25) is 5.02 Å². The fraction of sp³-hybridized carbons (Fsp3) is 0.250. The van der Waals surface area contributed by atoms with Crippen LogP contribution >= 0.6 is 11.6 Å². The largest absolute Gasteiger partial charge is 0.479 e. The van der Waals surface area contributed by atoms with E-state index in [1.165, 1.54) is 11.6 Å². The van der Waals surface area contributed by atoms with Gasteiger partial charge in [0.1, 0.15) is 11.1 Å². The van der Waals surface area contributed by atoms with Gasteiger partial charge in [0.25, 0.3) is 0 Å². The minimum absolute atomic E-state index is 0.0987. The summed E-state index contributed by atoms with van der Waals surface area (Å²) in [5, 5.41) is 11.3. The van der Waals surface area contributed by atoms with Gasteiger partial charge in [0.2, 0.25) is 0 Å². The summed E-state index contributed by atoms with van der Waals surface area (Å²) in [6.45, 7) is 0. The number of nitrogens with zero attached hydrogens (tertiary/aromatic N) is 1. The first-order chi connectivity index (χ1) is 10.2. The molecule has 2 aromatic carbocycles. The summed E-state index contributed by atoms with van der Waals surface area (Å²) in [4.78, 5) is 10.7. The van der Waals surface area contributed by atoms with Crippen LogP contribution in [0.3, 0.4) is 0 Å². The smallest absolute Gasteiger partial charge is 0.329 e. The Balaban J connectivity index is 1.96. The summed E-state index contributed by atoms with van der Waals surface area (Å²) in [5.74, 6) is 0.231. The van der Waals surface area contributed by atoms with Crippen LogP contribution in [0.4, 0.5) is 5.69 Å². The highest BCUT2D eigenvalue weighted by molar-refractivity contribution is 6.32. The molecule has 0 amide bonds. The Morgan fingerprint density at radius 2 is 2.00 bits per heavy atom. The Morgan fingerprint density at radius 3 is 2.81 bits per heavy atom. The van der Waals surface area contributed by atoms with Crippen molar-refractivity contribution in [1.29, 1.82) is 0 Å². The van der Waals surface area contributed by atoms with Crippen LogP contribution in [-0.2, 0) is 6.42 Å². The van der Waals surface area contributed by atoms with Crippen LogP contribution in [0.5, 0.6) is 5.75 Å². The molecular formula is C16H14ClNO3. The van der Waals surface area contributed by atoms with Gasteiger partial charge in [0.05, 0.1) is 4.92 Å². The predicted molar refractivity (Wildman–Crippen MR) is 80.9 cm³/mol. The first kappa shape index (κ1) is 13.9. The lowest BCUT2D eigenvalue weighted by molar-refractivity contribution is -0.385. The molecule has 0 saturated heterocycles. The van der Waals surface area contributed by atoms with E-state index in [1.807, 2.05) is 18.2 Å². The van der Waals surface area contributed by atoms with Gasteiger partial charge in [-0.3, -0.25) is 10.1 Å². The van der Waals surface area contributed by atoms with Crippen molar-refractivity contribution in [1.82, 2.24) is 0 Å². The number of fused-ring (bicyclic) bond motifs is 1. The lowest BCUT2D eigenvalue weighted by Crippen LogP contribution is -2.15. The number of benzene rings is 2. The highest BCUT2D eigenvalue weighted by atomic mass is 35.5. The van der Waals surface area contributed by atoms with Gasteiger partial charge in [-0.2, -0.15) is 0 Å². The average molecular weight is 304 g/mol. The molecule has 0 bridgehead atoms. The van der Waals surface area contributed by atoms with Crippen LogP contribution in [0.1, 0.15) is 30.1 Å². The Hall–Kier alpha value is -2.07. The number of nitro benzene ring substituents is 1. The maximum absolute atomic E-state index is 11.2. The molecule has 1 aliphatic carbocycles. The van der Waals surface area contributed by atoms with Crippen molar-refractivity contribution in [3.8, 4) is 5.75 Å². The van der Waals surface area contributed by atoms with Gasteiger partial charge in [0.15, 0.2) is 5.75 Å². The number of hydrogen-bond donors (Lipinski definition) is 0. The monoisotopic (exact) mass is 303 g/mol. The number of ether oxygens (including phenoxy) is 1. The Labute approximate surface area is 127 Å². The predicted octanol–water partition coefficient (Wildman–Crippen LogP) is 4.70. The first-order valence-corrected chi connectivity index (χ1v) is 7.22. The van der Waals surface area contributed by atoms with Crippen molar-refractivity contribution in [2.24, 2.45) is 0 Å². The number of nitro groups is 1. The molecule has 2 aromatic rings. The van der Waals surface area contributed by atoms with E-state index in [0.29, 0.717) is 0 Å². The minimum Gasteiger partial charge on any atom is -0.479 e. The molecule has 0 saturated carbocycles. The lowest BCUT2D eigenvalue weighted by atomic mass is 9.89. The molecule has 0 spiro atoms. The highest BCUT2D eigenvalue weighted by Crippen LogP contribution is 2.39. The van der Waals surface area contributed by atoms with Gasteiger partial charge in [-0.15, -0.1) is 0 Å². The van der Waals surface area contributed by atoms with E-state index >= 15 is 0 Å². The summed E-state index contributed by atoms with van der Waals surface area (Å²) in [6.07, 6.45) is 2.72. The third-order valence-electron chi connectivity index (χ3n) is 3.72. The zero-order valence-corrected chi connectivity index (χ0v) is 12.0. The topological polar surface area (TPSA) is 52.4 Å².